The number of imidazole rings is 1. The van der Waals surface area contributed by atoms with Crippen molar-refractivity contribution in [1.82, 2.24) is 24.5 Å². The molecule has 0 unspecified atom stereocenters. The van der Waals surface area contributed by atoms with Gasteiger partial charge in [0.2, 0.25) is 0 Å². The van der Waals surface area contributed by atoms with Gasteiger partial charge in [-0.15, -0.1) is 5.10 Å². The zero-order chi connectivity index (χ0) is 23.4. The summed E-state index contributed by atoms with van der Waals surface area (Å²) in [5.74, 6) is 1.98. The lowest BCUT2D eigenvalue weighted by Gasteiger charge is -2.23. The lowest BCUT2D eigenvalue weighted by atomic mass is 10.2. The summed E-state index contributed by atoms with van der Waals surface area (Å²) in [6, 6.07) is 10.1. The van der Waals surface area contributed by atoms with Gasteiger partial charge in [0.15, 0.2) is 11.3 Å². The predicted octanol–water partition coefficient (Wildman–Crippen LogP) is 3.14. The first-order chi connectivity index (χ1) is 16.0. The highest BCUT2D eigenvalue weighted by Crippen LogP contribution is 2.21. The maximum atomic E-state index is 13.1. The van der Waals surface area contributed by atoms with Crippen LogP contribution in [0.3, 0.4) is 0 Å². The Kier molecular flexibility index (Phi) is 7.08. The van der Waals surface area contributed by atoms with E-state index >= 15 is 0 Å². The van der Waals surface area contributed by atoms with E-state index in [4.69, 9.17) is 5.10 Å². The molecule has 33 heavy (non-hydrogen) atoms. The number of pyridine rings is 1. The highest BCUT2D eigenvalue weighted by atomic mass is 16.2. The number of amides is 1. The van der Waals surface area contributed by atoms with E-state index in [2.05, 4.69) is 57.9 Å². The Hall–Kier alpha value is -3.20. The first-order valence-electron chi connectivity index (χ1n) is 11.8. The van der Waals surface area contributed by atoms with Crippen molar-refractivity contribution in [2.24, 2.45) is 0 Å². The third-order valence-corrected chi connectivity index (χ3v) is 6.09. The van der Waals surface area contributed by atoms with Crippen LogP contribution in [0.2, 0.25) is 0 Å². The lowest BCUT2D eigenvalue weighted by molar-refractivity contribution is 0.102. The van der Waals surface area contributed by atoms with Gasteiger partial charge in [0, 0.05) is 32.2 Å². The Balaban J connectivity index is 1.53. The maximum absolute atomic E-state index is 13.1. The van der Waals surface area contributed by atoms with Crippen LogP contribution in [-0.2, 0) is 0 Å². The second kappa shape index (κ2) is 10.2. The average Bonchev–Trinajstić information content (AvgIpc) is 3.46. The molecule has 0 radical (unpaired) electrons. The molecule has 1 aliphatic heterocycles. The second-order valence-corrected chi connectivity index (χ2v) is 8.78. The summed E-state index contributed by atoms with van der Waals surface area (Å²) in [6.07, 6.45) is 4.75. The number of carbonyl (C=O) groups excluding carboxylic acids is 1. The number of rotatable bonds is 9. The molecule has 1 atom stereocenters. The summed E-state index contributed by atoms with van der Waals surface area (Å²) in [5, 5.41) is 7.67. The predicted molar refractivity (Wildman–Crippen MR) is 132 cm³/mol. The van der Waals surface area contributed by atoms with Crippen LogP contribution < -0.4 is 15.1 Å². The molecule has 1 N–H and O–H groups in total. The summed E-state index contributed by atoms with van der Waals surface area (Å²) < 4.78 is 1.62. The van der Waals surface area contributed by atoms with Crippen LogP contribution in [0.1, 0.15) is 43.6 Å². The molecule has 1 amide bonds. The van der Waals surface area contributed by atoms with E-state index in [9.17, 15) is 4.79 Å². The number of anilines is 3. The van der Waals surface area contributed by atoms with Crippen molar-refractivity contribution in [2.75, 3.05) is 55.4 Å². The molecule has 1 saturated heterocycles. The largest absolute Gasteiger partial charge is 0.357 e. The normalized spacial score (nSPS) is 16.0. The smallest absolute Gasteiger partial charge is 0.277 e. The second-order valence-electron chi connectivity index (χ2n) is 8.78. The molecule has 0 saturated carbocycles. The van der Waals surface area contributed by atoms with Crippen molar-refractivity contribution >= 4 is 29.0 Å². The molecular weight excluding hydrogens is 416 g/mol. The summed E-state index contributed by atoms with van der Waals surface area (Å²) in [4.78, 5) is 28.9. The highest BCUT2D eigenvalue weighted by Gasteiger charge is 2.25. The Morgan fingerprint density at radius 2 is 1.94 bits per heavy atom. The number of nitrogens with zero attached hydrogens (tertiary/aromatic N) is 7. The van der Waals surface area contributed by atoms with Gasteiger partial charge in [-0.25, -0.2) is 14.5 Å². The van der Waals surface area contributed by atoms with Crippen LogP contribution in [0, 0.1) is 0 Å². The minimum atomic E-state index is -0.276. The van der Waals surface area contributed by atoms with Crippen LogP contribution in [0.4, 0.5) is 17.5 Å². The Labute approximate surface area is 195 Å². The fourth-order valence-corrected chi connectivity index (χ4v) is 4.29. The van der Waals surface area contributed by atoms with Gasteiger partial charge in [0.05, 0.1) is 6.20 Å². The van der Waals surface area contributed by atoms with Crippen LogP contribution >= 0.6 is 0 Å². The van der Waals surface area contributed by atoms with E-state index in [1.54, 1.807) is 10.7 Å². The van der Waals surface area contributed by atoms with Gasteiger partial charge < -0.3 is 20.0 Å². The summed E-state index contributed by atoms with van der Waals surface area (Å²) >= 11 is 0. The fourth-order valence-electron chi connectivity index (χ4n) is 4.29. The standard InChI is InChI=1S/C24H34N8O/c1-5-13-30(14-6-2)22-9-7-8-20(26-22)27-24(33)19-16-25-21-10-11-23(28-32(19)21)31-15-12-18(17-31)29(3)4/h7-11,16,18H,5-6,12-15,17H2,1-4H3,(H,26,27,33)/t18-/m0/s1. The van der Waals surface area contributed by atoms with Gasteiger partial charge in [-0.1, -0.05) is 19.9 Å². The van der Waals surface area contributed by atoms with E-state index < -0.39 is 0 Å². The molecule has 4 heterocycles. The monoisotopic (exact) mass is 450 g/mol. The van der Waals surface area contributed by atoms with Gasteiger partial charge in [0.25, 0.3) is 5.91 Å². The van der Waals surface area contributed by atoms with Crippen LogP contribution in [-0.4, -0.2) is 76.7 Å². The number of nitrogens with one attached hydrogen (secondary N) is 1. The topological polar surface area (TPSA) is 81.9 Å². The minimum Gasteiger partial charge on any atom is -0.357 e. The van der Waals surface area contributed by atoms with E-state index in [0.29, 0.717) is 23.2 Å². The molecule has 1 fully saturated rings. The molecule has 9 heteroatoms. The van der Waals surface area contributed by atoms with E-state index in [0.717, 1.165) is 57.1 Å². The maximum Gasteiger partial charge on any atom is 0.277 e. The average molecular weight is 451 g/mol. The lowest BCUT2D eigenvalue weighted by Crippen LogP contribution is -2.32. The molecule has 1 aliphatic rings. The molecule has 9 nitrogen and oxygen atoms in total. The van der Waals surface area contributed by atoms with E-state index in [1.165, 1.54) is 0 Å². The summed E-state index contributed by atoms with van der Waals surface area (Å²) in [5.41, 5.74) is 1.03. The molecule has 3 aromatic rings. The SMILES string of the molecule is CCCN(CCC)c1cccc(NC(=O)c2cnc3ccc(N4CC[C@H](N(C)C)C4)nn23)n1. The number of fused-ring (bicyclic) bond motifs is 1. The zero-order valence-corrected chi connectivity index (χ0v) is 20.0. The van der Waals surface area contributed by atoms with Crippen LogP contribution in [0.5, 0.6) is 0 Å². The van der Waals surface area contributed by atoms with Crippen molar-refractivity contribution in [1.29, 1.82) is 0 Å². The zero-order valence-electron chi connectivity index (χ0n) is 20.0. The number of hydrogen-bond donors (Lipinski definition) is 1. The first kappa shape index (κ1) is 23.0. The minimum absolute atomic E-state index is 0.276. The van der Waals surface area contributed by atoms with Gasteiger partial charge in [-0.05, 0) is 57.6 Å². The van der Waals surface area contributed by atoms with E-state index in [-0.39, 0.29) is 5.91 Å². The molecule has 176 valence electrons. The number of carbonyl (C=O) groups is 1. The third-order valence-electron chi connectivity index (χ3n) is 6.09. The highest BCUT2D eigenvalue weighted by molar-refractivity contribution is 6.02. The molecular formula is C24H34N8O. The van der Waals surface area contributed by atoms with Crippen molar-refractivity contribution in [3.63, 3.8) is 0 Å². The third kappa shape index (κ3) is 5.08. The Morgan fingerprint density at radius 3 is 2.64 bits per heavy atom. The molecule has 3 aromatic heterocycles. The van der Waals surface area contributed by atoms with E-state index in [1.807, 2.05) is 30.3 Å². The molecule has 0 bridgehead atoms. The van der Waals surface area contributed by atoms with Crippen molar-refractivity contribution in [2.45, 2.75) is 39.2 Å². The molecule has 4 rings (SSSR count). The quantitative estimate of drug-likeness (QED) is 0.536. The number of aromatic nitrogens is 4. The van der Waals surface area contributed by atoms with Gasteiger partial charge in [-0.2, -0.15) is 0 Å². The molecule has 0 aliphatic carbocycles. The van der Waals surface area contributed by atoms with Crippen LogP contribution in [0.25, 0.3) is 5.65 Å². The van der Waals surface area contributed by atoms with Crippen molar-refractivity contribution in [3.8, 4) is 0 Å². The number of likely N-dealkylation sites (N-methyl/N-ethyl adjacent to an activating group) is 1. The fraction of sp³-hybridized carbons (Fsp3) is 0.500. The van der Waals surface area contributed by atoms with Crippen molar-refractivity contribution < 1.29 is 4.79 Å². The Bertz CT molecular complexity index is 1090. The van der Waals surface area contributed by atoms with Gasteiger partial charge >= 0.3 is 0 Å². The van der Waals surface area contributed by atoms with Gasteiger partial charge in [-0.3, -0.25) is 4.79 Å². The molecule has 0 aromatic carbocycles. The van der Waals surface area contributed by atoms with Gasteiger partial charge in [0.1, 0.15) is 17.5 Å². The molecule has 0 spiro atoms. The summed E-state index contributed by atoms with van der Waals surface area (Å²) in [7, 11) is 4.21. The van der Waals surface area contributed by atoms with Crippen molar-refractivity contribution in [3.05, 3.63) is 42.2 Å². The number of hydrogen-bond acceptors (Lipinski definition) is 7. The Morgan fingerprint density at radius 1 is 1.15 bits per heavy atom. The first-order valence-corrected chi connectivity index (χ1v) is 11.8. The summed E-state index contributed by atoms with van der Waals surface area (Å²) in [6.45, 7) is 8.05. The van der Waals surface area contributed by atoms with Crippen LogP contribution in [0.15, 0.2) is 36.5 Å².